The predicted octanol–water partition coefficient (Wildman–Crippen LogP) is 3.55. The molecule has 1 amide bonds. The van der Waals surface area contributed by atoms with Gasteiger partial charge < -0.3 is 18.9 Å². The van der Waals surface area contributed by atoms with Crippen molar-refractivity contribution >= 4 is 18.0 Å². The summed E-state index contributed by atoms with van der Waals surface area (Å²) in [6, 6.07) is 11.5. The van der Waals surface area contributed by atoms with E-state index < -0.39 is 0 Å². The number of hydrogen-bond donors (Lipinski definition) is 0. The first kappa shape index (κ1) is 19.7. The van der Waals surface area contributed by atoms with Gasteiger partial charge >= 0.3 is 5.97 Å². The van der Waals surface area contributed by atoms with Crippen LogP contribution in [-0.4, -0.2) is 48.1 Å². The molecule has 1 saturated heterocycles. The van der Waals surface area contributed by atoms with E-state index in [4.69, 9.17) is 9.47 Å². The van der Waals surface area contributed by atoms with Gasteiger partial charge in [-0.3, -0.25) is 4.79 Å². The van der Waals surface area contributed by atoms with Gasteiger partial charge in [0.1, 0.15) is 11.4 Å². The number of hydrogen-bond acceptors (Lipinski definition) is 4. The van der Waals surface area contributed by atoms with Crippen molar-refractivity contribution in [3.8, 4) is 5.75 Å². The van der Waals surface area contributed by atoms with E-state index in [-0.39, 0.29) is 17.9 Å². The molecular weight excluding hydrogens is 356 g/mol. The molecule has 2 heterocycles. The number of methoxy groups -OCH3 is 1. The molecule has 1 aliphatic heterocycles. The molecular formula is C22H26N2O4. The molecule has 0 unspecified atom stereocenters. The van der Waals surface area contributed by atoms with Gasteiger partial charge in [-0.25, -0.2) is 4.79 Å². The number of piperidine rings is 1. The second-order valence-electron chi connectivity index (χ2n) is 6.65. The van der Waals surface area contributed by atoms with Gasteiger partial charge in [-0.15, -0.1) is 0 Å². The van der Waals surface area contributed by atoms with Crippen LogP contribution in [0.25, 0.3) is 6.08 Å². The number of para-hydroxylation sites is 1. The van der Waals surface area contributed by atoms with Crippen molar-refractivity contribution in [1.29, 1.82) is 0 Å². The number of likely N-dealkylation sites (tertiary alicyclic amines) is 1. The number of benzene rings is 1. The number of carbonyl (C=O) groups is 2. The number of esters is 1. The van der Waals surface area contributed by atoms with Crippen molar-refractivity contribution in [2.75, 3.05) is 26.8 Å². The van der Waals surface area contributed by atoms with Crippen molar-refractivity contribution in [3.05, 3.63) is 59.9 Å². The fourth-order valence-electron chi connectivity index (χ4n) is 3.53. The van der Waals surface area contributed by atoms with Gasteiger partial charge in [0.2, 0.25) is 5.91 Å². The Morgan fingerprint density at radius 1 is 1.14 bits per heavy atom. The van der Waals surface area contributed by atoms with Gasteiger partial charge in [-0.1, -0.05) is 18.2 Å². The molecule has 6 nitrogen and oxygen atoms in total. The van der Waals surface area contributed by atoms with Crippen LogP contribution in [0.5, 0.6) is 5.75 Å². The molecule has 6 heteroatoms. The number of rotatable bonds is 6. The van der Waals surface area contributed by atoms with Crippen LogP contribution in [0.3, 0.4) is 0 Å². The predicted molar refractivity (Wildman–Crippen MR) is 107 cm³/mol. The third-order valence-corrected chi connectivity index (χ3v) is 4.97. The Bertz CT molecular complexity index is 848. The van der Waals surface area contributed by atoms with Crippen molar-refractivity contribution < 1.29 is 19.1 Å². The summed E-state index contributed by atoms with van der Waals surface area (Å²) >= 11 is 0. The number of amides is 1. The van der Waals surface area contributed by atoms with Gasteiger partial charge in [-0.2, -0.15) is 0 Å². The quantitative estimate of drug-likeness (QED) is 0.566. The summed E-state index contributed by atoms with van der Waals surface area (Å²) in [4.78, 5) is 26.3. The molecule has 0 aliphatic carbocycles. The number of carbonyl (C=O) groups excluding carboxylic acids is 2. The molecule has 0 N–H and O–H groups in total. The highest BCUT2D eigenvalue weighted by Crippen LogP contribution is 2.25. The minimum absolute atomic E-state index is 0.00884. The van der Waals surface area contributed by atoms with Crippen LogP contribution in [0.4, 0.5) is 0 Å². The van der Waals surface area contributed by atoms with Crippen molar-refractivity contribution in [3.63, 3.8) is 0 Å². The fraction of sp³-hybridized carbons (Fsp3) is 0.364. The standard InChI is InChI=1S/C22H26N2O4/c1-3-28-20-9-5-4-7-17(20)10-11-21(25)23-15-12-18(13-16-23)24-14-6-8-19(24)22(26)27-2/h4-11,14,18H,3,12-13,15-16H2,1-2H3/b11-10+. The first-order valence-corrected chi connectivity index (χ1v) is 9.58. The first-order chi connectivity index (χ1) is 13.6. The smallest absolute Gasteiger partial charge is 0.354 e. The Kier molecular flexibility index (Phi) is 6.53. The second-order valence-corrected chi connectivity index (χ2v) is 6.65. The summed E-state index contributed by atoms with van der Waals surface area (Å²) in [5, 5.41) is 0. The Hall–Kier alpha value is -3.02. The van der Waals surface area contributed by atoms with Gasteiger partial charge in [0.25, 0.3) is 0 Å². The lowest BCUT2D eigenvalue weighted by Crippen LogP contribution is -2.38. The monoisotopic (exact) mass is 382 g/mol. The molecule has 1 fully saturated rings. The zero-order chi connectivity index (χ0) is 19.9. The lowest BCUT2D eigenvalue weighted by Gasteiger charge is -2.32. The van der Waals surface area contributed by atoms with Crippen molar-refractivity contribution in [2.24, 2.45) is 0 Å². The highest BCUT2D eigenvalue weighted by atomic mass is 16.5. The van der Waals surface area contributed by atoms with Crippen LogP contribution < -0.4 is 4.74 Å². The van der Waals surface area contributed by atoms with Crippen LogP contribution in [0, 0.1) is 0 Å². The summed E-state index contributed by atoms with van der Waals surface area (Å²) in [6.07, 6.45) is 6.91. The van der Waals surface area contributed by atoms with E-state index in [2.05, 4.69) is 0 Å². The Labute approximate surface area is 165 Å². The van der Waals surface area contributed by atoms with Crippen LogP contribution >= 0.6 is 0 Å². The van der Waals surface area contributed by atoms with Crippen molar-refractivity contribution in [1.82, 2.24) is 9.47 Å². The van der Waals surface area contributed by atoms with E-state index in [0.717, 1.165) is 24.2 Å². The van der Waals surface area contributed by atoms with Crippen LogP contribution in [0.15, 0.2) is 48.7 Å². The molecule has 3 rings (SSSR count). The van der Waals surface area contributed by atoms with E-state index in [1.165, 1.54) is 7.11 Å². The topological polar surface area (TPSA) is 60.8 Å². The summed E-state index contributed by atoms with van der Waals surface area (Å²) < 4.78 is 12.4. The third-order valence-electron chi connectivity index (χ3n) is 4.97. The average molecular weight is 382 g/mol. The molecule has 0 bridgehead atoms. The minimum Gasteiger partial charge on any atom is -0.493 e. The van der Waals surface area contributed by atoms with Crippen LogP contribution in [-0.2, 0) is 9.53 Å². The van der Waals surface area contributed by atoms with E-state index in [1.807, 2.05) is 52.9 Å². The zero-order valence-electron chi connectivity index (χ0n) is 16.3. The van der Waals surface area contributed by atoms with Gasteiger partial charge in [0, 0.05) is 37.0 Å². The summed E-state index contributed by atoms with van der Waals surface area (Å²) in [6.45, 7) is 3.82. The summed E-state index contributed by atoms with van der Waals surface area (Å²) in [5.74, 6) is 0.431. The zero-order valence-corrected chi connectivity index (χ0v) is 16.3. The van der Waals surface area contributed by atoms with Gasteiger partial charge in [-0.05, 0) is 44.0 Å². The molecule has 28 heavy (non-hydrogen) atoms. The second kappa shape index (κ2) is 9.26. The van der Waals surface area contributed by atoms with Gasteiger partial charge in [0.05, 0.1) is 13.7 Å². The average Bonchev–Trinajstić information content (AvgIpc) is 3.22. The molecule has 0 spiro atoms. The third kappa shape index (κ3) is 4.44. The maximum Gasteiger partial charge on any atom is 0.354 e. The lowest BCUT2D eigenvalue weighted by atomic mass is 10.0. The molecule has 0 saturated carbocycles. The Morgan fingerprint density at radius 2 is 1.89 bits per heavy atom. The van der Waals surface area contributed by atoms with Crippen LogP contribution in [0.2, 0.25) is 0 Å². The Morgan fingerprint density at radius 3 is 2.61 bits per heavy atom. The molecule has 0 atom stereocenters. The number of ether oxygens (including phenoxy) is 2. The highest BCUT2D eigenvalue weighted by Gasteiger charge is 2.25. The minimum atomic E-state index is -0.334. The van der Waals surface area contributed by atoms with E-state index >= 15 is 0 Å². The number of nitrogens with zero attached hydrogens (tertiary/aromatic N) is 2. The molecule has 1 aromatic heterocycles. The van der Waals surface area contributed by atoms with Crippen molar-refractivity contribution in [2.45, 2.75) is 25.8 Å². The van der Waals surface area contributed by atoms with E-state index in [1.54, 1.807) is 18.2 Å². The first-order valence-electron chi connectivity index (χ1n) is 9.58. The maximum atomic E-state index is 12.6. The Balaban J connectivity index is 1.60. The highest BCUT2D eigenvalue weighted by molar-refractivity contribution is 5.92. The fourth-order valence-corrected chi connectivity index (χ4v) is 3.53. The molecule has 1 aliphatic rings. The maximum absolute atomic E-state index is 12.6. The molecule has 0 radical (unpaired) electrons. The van der Waals surface area contributed by atoms with E-state index in [0.29, 0.717) is 25.4 Å². The molecule has 2 aromatic rings. The molecule has 1 aromatic carbocycles. The summed E-state index contributed by atoms with van der Waals surface area (Å²) in [5.41, 5.74) is 1.45. The SMILES string of the molecule is CCOc1ccccc1/C=C/C(=O)N1CCC(n2cccc2C(=O)OC)CC1. The van der Waals surface area contributed by atoms with Gasteiger partial charge in [0.15, 0.2) is 0 Å². The van der Waals surface area contributed by atoms with Crippen LogP contribution in [0.1, 0.15) is 41.9 Å². The summed E-state index contributed by atoms with van der Waals surface area (Å²) in [7, 11) is 1.39. The van der Waals surface area contributed by atoms with E-state index in [9.17, 15) is 9.59 Å². The molecule has 148 valence electrons. The number of aromatic nitrogens is 1. The normalized spacial score (nSPS) is 15.0. The largest absolute Gasteiger partial charge is 0.493 e. The lowest BCUT2D eigenvalue weighted by molar-refractivity contribution is -0.127.